The zero-order valence-electron chi connectivity index (χ0n) is 7.07. The van der Waals surface area contributed by atoms with E-state index in [1.165, 1.54) is 24.3 Å². The minimum absolute atomic E-state index is 0.0946. The third kappa shape index (κ3) is 2.70. The van der Waals surface area contributed by atoms with E-state index in [2.05, 4.69) is 4.72 Å². The van der Waals surface area contributed by atoms with Crippen LogP contribution in [0.1, 0.15) is 0 Å². The Morgan fingerprint density at radius 2 is 1.93 bits per heavy atom. The van der Waals surface area contributed by atoms with Crippen LogP contribution in [0.4, 0.5) is 0 Å². The van der Waals surface area contributed by atoms with E-state index in [4.69, 9.17) is 16.9 Å². The first kappa shape index (κ1) is 11.0. The van der Waals surface area contributed by atoms with Gasteiger partial charge in [-0.3, -0.25) is 0 Å². The summed E-state index contributed by atoms with van der Waals surface area (Å²) in [4.78, 5) is 0.0946. The van der Waals surface area contributed by atoms with Crippen LogP contribution in [0.15, 0.2) is 29.2 Å². The standard InChI is InChI=1S/C8H7ClN2O2S/c9-7-1-3-8(4-2-7)14(12,13)11-6-5-10/h1-4,11H,6H2. The number of nitrogens with zero attached hydrogens (tertiary/aromatic N) is 1. The average Bonchev–Trinajstić information content (AvgIpc) is 2.16. The van der Waals surface area contributed by atoms with Gasteiger partial charge in [-0.05, 0) is 24.3 Å². The SMILES string of the molecule is N#CCNS(=O)(=O)c1ccc(Cl)cc1. The molecule has 74 valence electrons. The van der Waals surface area contributed by atoms with Crippen molar-refractivity contribution in [3.8, 4) is 6.07 Å². The molecule has 0 atom stereocenters. The van der Waals surface area contributed by atoms with Gasteiger partial charge in [0.15, 0.2) is 0 Å². The third-order valence-electron chi connectivity index (χ3n) is 1.47. The first-order valence-corrected chi connectivity index (χ1v) is 5.54. The minimum atomic E-state index is -3.57. The molecule has 0 saturated heterocycles. The highest BCUT2D eigenvalue weighted by atomic mass is 35.5. The molecule has 0 aliphatic carbocycles. The Labute approximate surface area is 87.2 Å². The molecule has 1 N–H and O–H groups in total. The van der Waals surface area contributed by atoms with Crippen LogP contribution in [0.3, 0.4) is 0 Å². The van der Waals surface area contributed by atoms with Gasteiger partial charge in [0.05, 0.1) is 17.5 Å². The number of hydrogen-bond donors (Lipinski definition) is 1. The monoisotopic (exact) mass is 230 g/mol. The van der Waals surface area contributed by atoms with Gasteiger partial charge in [0, 0.05) is 5.02 Å². The highest BCUT2D eigenvalue weighted by Crippen LogP contribution is 2.13. The summed E-state index contributed by atoms with van der Waals surface area (Å²) in [6.45, 7) is -0.245. The molecule has 0 spiro atoms. The lowest BCUT2D eigenvalue weighted by Crippen LogP contribution is -2.23. The first-order valence-electron chi connectivity index (χ1n) is 3.68. The van der Waals surface area contributed by atoms with E-state index in [9.17, 15) is 8.42 Å². The van der Waals surface area contributed by atoms with Crippen molar-refractivity contribution in [2.75, 3.05) is 6.54 Å². The molecule has 0 radical (unpaired) electrons. The topological polar surface area (TPSA) is 70.0 Å². The smallest absolute Gasteiger partial charge is 0.207 e. The predicted octanol–water partition coefficient (Wildman–Crippen LogP) is 1.14. The molecule has 0 amide bonds. The highest BCUT2D eigenvalue weighted by Gasteiger charge is 2.12. The molecule has 1 aromatic rings. The molecule has 1 rings (SSSR count). The van der Waals surface area contributed by atoms with Crippen molar-refractivity contribution in [2.45, 2.75) is 4.90 Å². The molecule has 6 heteroatoms. The largest absolute Gasteiger partial charge is 0.241 e. The van der Waals surface area contributed by atoms with Gasteiger partial charge in [-0.25, -0.2) is 8.42 Å². The van der Waals surface area contributed by atoms with E-state index in [1.807, 2.05) is 0 Å². The average molecular weight is 231 g/mol. The van der Waals surface area contributed by atoms with Crippen molar-refractivity contribution in [2.24, 2.45) is 0 Å². The molecule has 0 saturated carbocycles. The van der Waals surface area contributed by atoms with Crippen LogP contribution in [0, 0.1) is 11.3 Å². The van der Waals surface area contributed by atoms with Crippen molar-refractivity contribution in [3.63, 3.8) is 0 Å². The van der Waals surface area contributed by atoms with Crippen molar-refractivity contribution in [1.29, 1.82) is 5.26 Å². The molecule has 0 heterocycles. The van der Waals surface area contributed by atoms with Crippen molar-refractivity contribution >= 4 is 21.6 Å². The summed E-state index contributed by atoms with van der Waals surface area (Å²) >= 11 is 5.60. The Morgan fingerprint density at radius 3 is 2.43 bits per heavy atom. The molecule has 0 aromatic heterocycles. The summed E-state index contributed by atoms with van der Waals surface area (Å²) in [7, 11) is -3.57. The number of nitriles is 1. The lowest BCUT2D eigenvalue weighted by Gasteiger charge is -2.02. The van der Waals surface area contributed by atoms with E-state index in [0.717, 1.165) is 0 Å². The van der Waals surface area contributed by atoms with E-state index in [-0.39, 0.29) is 11.4 Å². The molecule has 1 aromatic carbocycles. The van der Waals surface area contributed by atoms with Gasteiger partial charge in [0.2, 0.25) is 10.0 Å². The maximum absolute atomic E-state index is 11.4. The molecule has 4 nitrogen and oxygen atoms in total. The van der Waals surface area contributed by atoms with E-state index < -0.39 is 10.0 Å². The second kappa shape index (κ2) is 4.42. The zero-order chi connectivity index (χ0) is 10.6. The Balaban J connectivity index is 2.94. The molecule has 0 aliphatic heterocycles. The Kier molecular flexibility index (Phi) is 3.47. The van der Waals surface area contributed by atoms with Gasteiger partial charge in [0.25, 0.3) is 0 Å². The third-order valence-corrected chi connectivity index (χ3v) is 3.13. The van der Waals surface area contributed by atoms with Gasteiger partial charge >= 0.3 is 0 Å². The quantitative estimate of drug-likeness (QED) is 0.792. The normalized spacial score (nSPS) is 10.9. The number of sulfonamides is 1. The maximum atomic E-state index is 11.4. The fourth-order valence-electron chi connectivity index (χ4n) is 0.824. The molecule has 0 bridgehead atoms. The summed E-state index contributed by atoms with van der Waals surface area (Å²) in [6.07, 6.45) is 0. The molecular weight excluding hydrogens is 224 g/mol. The summed E-state index contributed by atoms with van der Waals surface area (Å²) in [5.41, 5.74) is 0. The van der Waals surface area contributed by atoms with Gasteiger partial charge < -0.3 is 0 Å². The van der Waals surface area contributed by atoms with Gasteiger partial charge in [-0.2, -0.15) is 9.98 Å². The number of nitrogens with one attached hydrogen (secondary N) is 1. The van der Waals surface area contributed by atoms with Crippen LogP contribution in [-0.4, -0.2) is 15.0 Å². The molecule has 14 heavy (non-hydrogen) atoms. The first-order chi connectivity index (χ1) is 6.56. The van der Waals surface area contributed by atoms with Crippen molar-refractivity contribution in [1.82, 2.24) is 4.72 Å². The lowest BCUT2D eigenvalue weighted by atomic mass is 10.4. The van der Waals surface area contributed by atoms with E-state index in [0.29, 0.717) is 5.02 Å². The summed E-state index contributed by atoms with van der Waals surface area (Å²) in [6, 6.07) is 7.39. The van der Waals surface area contributed by atoms with Crippen molar-refractivity contribution in [3.05, 3.63) is 29.3 Å². The van der Waals surface area contributed by atoms with Crippen LogP contribution in [0.5, 0.6) is 0 Å². The molecule has 0 unspecified atom stereocenters. The second-order valence-electron chi connectivity index (χ2n) is 2.44. The van der Waals surface area contributed by atoms with Crippen LogP contribution in [0.25, 0.3) is 0 Å². The van der Waals surface area contributed by atoms with Crippen LogP contribution in [0.2, 0.25) is 5.02 Å². The fraction of sp³-hybridized carbons (Fsp3) is 0.125. The number of halogens is 1. The molecule has 0 aliphatic rings. The maximum Gasteiger partial charge on any atom is 0.241 e. The minimum Gasteiger partial charge on any atom is -0.207 e. The van der Waals surface area contributed by atoms with Gasteiger partial charge in [-0.15, -0.1) is 0 Å². The van der Waals surface area contributed by atoms with E-state index >= 15 is 0 Å². The summed E-state index contributed by atoms with van der Waals surface area (Å²) in [5.74, 6) is 0. The summed E-state index contributed by atoms with van der Waals surface area (Å²) < 4.78 is 24.9. The van der Waals surface area contributed by atoms with E-state index in [1.54, 1.807) is 6.07 Å². The van der Waals surface area contributed by atoms with Crippen LogP contribution in [-0.2, 0) is 10.0 Å². The number of benzene rings is 1. The van der Waals surface area contributed by atoms with Gasteiger partial charge in [-0.1, -0.05) is 11.6 Å². The second-order valence-corrected chi connectivity index (χ2v) is 4.64. The molecular formula is C8H7ClN2O2S. The Morgan fingerprint density at radius 1 is 1.36 bits per heavy atom. The summed E-state index contributed by atoms with van der Waals surface area (Å²) in [5, 5.41) is 8.68. The lowest BCUT2D eigenvalue weighted by molar-refractivity contribution is 0.586. The highest BCUT2D eigenvalue weighted by molar-refractivity contribution is 7.89. The van der Waals surface area contributed by atoms with Crippen LogP contribution < -0.4 is 4.72 Å². The zero-order valence-corrected chi connectivity index (χ0v) is 8.64. The van der Waals surface area contributed by atoms with Crippen molar-refractivity contribution < 1.29 is 8.42 Å². The Hall–Kier alpha value is -1.09. The predicted molar refractivity (Wildman–Crippen MR) is 52.3 cm³/mol. The Bertz CT molecular complexity index is 447. The van der Waals surface area contributed by atoms with Crippen LogP contribution >= 0.6 is 11.6 Å². The van der Waals surface area contributed by atoms with Gasteiger partial charge in [0.1, 0.15) is 0 Å². The number of hydrogen-bond acceptors (Lipinski definition) is 3. The fourth-order valence-corrected chi connectivity index (χ4v) is 1.87. The number of rotatable bonds is 3. The molecule has 0 fully saturated rings.